The third-order valence-corrected chi connectivity index (χ3v) is 5.27. The summed E-state index contributed by atoms with van der Waals surface area (Å²) in [6.45, 7) is 6.20. The Morgan fingerprint density at radius 1 is 1.14 bits per heavy atom. The van der Waals surface area contributed by atoms with Gasteiger partial charge in [0.05, 0.1) is 0 Å². The van der Waals surface area contributed by atoms with E-state index in [1.54, 1.807) is 25.7 Å². The first-order chi connectivity index (χ1) is 13.7. The van der Waals surface area contributed by atoms with Crippen LogP contribution in [0.25, 0.3) is 0 Å². The molecule has 8 nitrogen and oxygen atoms in total. The molecule has 2 amide bonds. The zero-order valence-corrected chi connectivity index (χ0v) is 17.0. The van der Waals surface area contributed by atoms with Crippen LogP contribution in [0, 0.1) is 5.92 Å². The highest BCUT2D eigenvalue weighted by molar-refractivity contribution is 5.81. The van der Waals surface area contributed by atoms with Crippen LogP contribution in [-0.2, 0) is 20.9 Å². The number of hydrogen-bond donors (Lipinski definition) is 1. The zero-order chi connectivity index (χ0) is 21.2. The molecule has 8 heteroatoms. The van der Waals surface area contributed by atoms with E-state index in [4.69, 9.17) is 9.47 Å². The second kappa shape index (κ2) is 8.31. The van der Waals surface area contributed by atoms with Gasteiger partial charge >= 0.3 is 18.2 Å². The van der Waals surface area contributed by atoms with E-state index < -0.39 is 29.8 Å². The van der Waals surface area contributed by atoms with Crippen LogP contribution in [0.5, 0.6) is 0 Å². The van der Waals surface area contributed by atoms with Crippen molar-refractivity contribution in [2.45, 2.75) is 57.9 Å². The minimum atomic E-state index is -1.05. The molecule has 0 spiro atoms. The SMILES string of the molecule is CC(C)(C)OC(=O)N1[C@H](C(=O)O)C[C@@H]2CN(C(=O)OCc3ccccc3)CC[C@@H]21. The Balaban J connectivity index is 1.63. The van der Waals surface area contributed by atoms with Gasteiger partial charge in [0, 0.05) is 19.1 Å². The number of hydrogen-bond acceptors (Lipinski definition) is 5. The topological polar surface area (TPSA) is 96.4 Å². The molecule has 0 bridgehead atoms. The van der Waals surface area contributed by atoms with Crippen LogP contribution >= 0.6 is 0 Å². The number of ether oxygens (including phenoxy) is 2. The van der Waals surface area contributed by atoms with Gasteiger partial charge in [0.15, 0.2) is 0 Å². The van der Waals surface area contributed by atoms with Gasteiger partial charge in [0.25, 0.3) is 0 Å². The normalized spacial score (nSPS) is 24.0. The Hall–Kier alpha value is -2.77. The van der Waals surface area contributed by atoms with Gasteiger partial charge in [-0.3, -0.25) is 4.90 Å². The first kappa shape index (κ1) is 21.0. The number of carboxylic acids is 1. The van der Waals surface area contributed by atoms with Gasteiger partial charge in [-0.05, 0) is 45.1 Å². The highest BCUT2D eigenvalue weighted by Crippen LogP contribution is 2.37. The van der Waals surface area contributed by atoms with Gasteiger partial charge in [-0.25, -0.2) is 14.4 Å². The molecule has 1 N–H and O–H groups in total. The average molecular weight is 404 g/mol. The van der Waals surface area contributed by atoms with Crippen molar-refractivity contribution in [2.24, 2.45) is 5.92 Å². The highest BCUT2D eigenvalue weighted by atomic mass is 16.6. The van der Waals surface area contributed by atoms with Crippen molar-refractivity contribution in [2.75, 3.05) is 13.1 Å². The lowest BCUT2D eigenvalue weighted by Gasteiger charge is -2.38. The summed E-state index contributed by atoms with van der Waals surface area (Å²) in [6, 6.07) is 8.21. The molecule has 3 rings (SSSR count). The van der Waals surface area contributed by atoms with Crippen LogP contribution in [0.15, 0.2) is 30.3 Å². The number of carbonyl (C=O) groups excluding carboxylic acids is 2. The number of likely N-dealkylation sites (tertiary alicyclic amines) is 2. The van der Waals surface area contributed by atoms with Crippen molar-refractivity contribution in [3.8, 4) is 0 Å². The van der Waals surface area contributed by atoms with Gasteiger partial charge in [-0.1, -0.05) is 30.3 Å². The van der Waals surface area contributed by atoms with Crippen molar-refractivity contribution in [3.63, 3.8) is 0 Å². The Labute approximate surface area is 170 Å². The van der Waals surface area contributed by atoms with Gasteiger partial charge in [-0.2, -0.15) is 0 Å². The smallest absolute Gasteiger partial charge is 0.411 e. The summed E-state index contributed by atoms with van der Waals surface area (Å²) < 4.78 is 10.8. The Bertz CT molecular complexity index is 760. The molecule has 2 fully saturated rings. The predicted octanol–water partition coefficient (Wildman–Crippen LogP) is 3.11. The van der Waals surface area contributed by atoms with E-state index in [-0.39, 0.29) is 18.6 Å². The van der Waals surface area contributed by atoms with Crippen molar-refractivity contribution in [3.05, 3.63) is 35.9 Å². The van der Waals surface area contributed by atoms with Gasteiger partial charge < -0.3 is 19.5 Å². The summed E-state index contributed by atoms with van der Waals surface area (Å²) in [4.78, 5) is 39.8. The molecule has 0 radical (unpaired) electrons. The molecular weight excluding hydrogens is 376 g/mol. The van der Waals surface area contributed by atoms with E-state index in [9.17, 15) is 19.5 Å². The number of piperidine rings is 1. The number of nitrogens with zero attached hydrogens (tertiary/aromatic N) is 2. The summed E-state index contributed by atoms with van der Waals surface area (Å²) in [5, 5.41) is 9.61. The van der Waals surface area contributed by atoms with Crippen molar-refractivity contribution in [1.29, 1.82) is 0 Å². The first-order valence-corrected chi connectivity index (χ1v) is 9.85. The second-order valence-corrected chi connectivity index (χ2v) is 8.58. The molecule has 2 heterocycles. The summed E-state index contributed by atoms with van der Waals surface area (Å²) >= 11 is 0. The number of carboxylic acid groups (broad SMARTS) is 1. The van der Waals surface area contributed by atoms with E-state index in [1.165, 1.54) is 4.90 Å². The van der Waals surface area contributed by atoms with Crippen LogP contribution in [-0.4, -0.2) is 63.8 Å². The summed E-state index contributed by atoms with van der Waals surface area (Å²) in [7, 11) is 0. The number of rotatable bonds is 3. The fourth-order valence-corrected chi connectivity index (χ4v) is 4.02. The summed E-state index contributed by atoms with van der Waals surface area (Å²) in [5.41, 5.74) is 0.193. The molecular formula is C21H28N2O6. The number of aliphatic carboxylic acids is 1. The first-order valence-electron chi connectivity index (χ1n) is 9.85. The Kier molecular flexibility index (Phi) is 6.00. The predicted molar refractivity (Wildman–Crippen MR) is 104 cm³/mol. The third-order valence-electron chi connectivity index (χ3n) is 5.27. The number of benzene rings is 1. The maximum atomic E-state index is 12.6. The van der Waals surface area contributed by atoms with E-state index in [0.717, 1.165) is 5.56 Å². The van der Waals surface area contributed by atoms with Crippen LogP contribution < -0.4 is 0 Å². The summed E-state index contributed by atoms with van der Waals surface area (Å²) in [5.74, 6) is -1.18. The molecule has 2 aliphatic rings. The quantitative estimate of drug-likeness (QED) is 0.832. The molecule has 2 saturated heterocycles. The average Bonchev–Trinajstić information content (AvgIpc) is 3.04. The number of carbonyl (C=O) groups is 3. The zero-order valence-electron chi connectivity index (χ0n) is 17.0. The third kappa shape index (κ3) is 4.99. The van der Waals surface area contributed by atoms with Gasteiger partial charge in [0.1, 0.15) is 18.2 Å². The van der Waals surface area contributed by atoms with E-state index in [0.29, 0.717) is 25.9 Å². The fourth-order valence-electron chi connectivity index (χ4n) is 4.02. The van der Waals surface area contributed by atoms with E-state index in [2.05, 4.69) is 0 Å². The lowest BCUT2D eigenvalue weighted by atomic mass is 9.92. The maximum absolute atomic E-state index is 12.6. The molecule has 0 saturated carbocycles. The van der Waals surface area contributed by atoms with Gasteiger partial charge in [0.2, 0.25) is 0 Å². The number of amides is 2. The molecule has 0 unspecified atom stereocenters. The molecule has 2 aliphatic heterocycles. The van der Waals surface area contributed by atoms with Crippen LogP contribution in [0.3, 0.4) is 0 Å². The van der Waals surface area contributed by atoms with Crippen molar-refractivity contribution < 1.29 is 29.0 Å². The largest absolute Gasteiger partial charge is 0.480 e. The van der Waals surface area contributed by atoms with Crippen LogP contribution in [0.4, 0.5) is 9.59 Å². The molecule has 29 heavy (non-hydrogen) atoms. The molecule has 0 aliphatic carbocycles. The van der Waals surface area contributed by atoms with Crippen LogP contribution in [0.1, 0.15) is 39.2 Å². The van der Waals surface area contributed by atoms with Gasteiger partial charge in [-0.15, -0.1) is 0 Å². The lowest BCUT2D eigenvalue weighted by Crippen LogP contribution is -2.52. The molecule has 0 aromatic heterocycles. The summed E-state index contributed by atoms with van der Waals surface area (Å²) in [6.07, 6.45) is -0.247. The maximum Gasteiger partial charge on any atom is 0.411 e. The Morgan fingerprint density at radius 2 is 1.83 bits per heavy atom. The standard InChI is InChI=1S/C21H28N2O6/c1-21(2,3)29-20(27)23-16-9-10-22(12-15(16)11-17(23)18(24)25)19(26)28-13-14-7-5-4-6-8-14/h4-8,15-17H,9-13H2,1-3H3,(H,24,25)/t15-,16+,17+/m1/s1. The minimum Gasteiger partial charge on any atom is -0.480 e. The molecule has 1 aromatic carbocycles. The minimum absolute atomic E-state index is 0.123. The monoisotopic (exact) mass is 404 g/mol. The second-order valence-electron chi connectivity index (χ2n) is 8.58. The lowest BCUT2D eigenvalue weighted by molar-refractivity contribution is -0.142. The fraction of sp³-hybridized carbons (Fsp3) is 0.571. The molecule has 3 atom stereocenters. The number of fused-ring (bicyclic) bond motifs is 1. The van der Waals surface area contributed by atoms with Crippen molar-refractivity contribution in [1.82, 2.24) is 9.80 Å². The van der Waals surface area contributed by atoms with Crippen molar-refractivity contribution >= 4 is 18.2 Å². The highest BCUT2D eigenvalue weighted by Gasteiger charge is 2.50. The molecule has 158 valence electrons. The Morgan fingerprint density at radius 3 is 2.45 bits per heavy atom. The van der Waals surface area contributed by atoms with Crippen LogP contribution in [0.2, 0.25) is 0 Å². The van der Waals surface area contributed by atoms with E-state index >= 15 is 0 Å². The molecule has 1 aromatic rings. The van der Waals surface area contributed by atoms with E-state index in [1.807, 2.05) is 30.3 Å².